The van der Waals surface area contributed by atoms with Gasteiger partial charge in [-0.1, -0.05) is 31.2 Å². The van der Waals surface area contributed by atoms with Crippen LogP contribution in [0.4, 0.5) is 0 Å². The van der Waals surface area contributed by atoms with E-state index in [-0.39, 0.29) is 0 Å². The molecule has 3 heterocycles. The molecule has 0 spiro atoms. The number of H-pyrrole nitrogens is 1. The quantitative estimate of drug-likeness (QED) is 0.747. The van der Waals surface area contributed by atoms with Crippen LogP contribution in [0, 0.1) is 0 Å². The van der Waals surface area contributed by atoms with Crippen LogP contribution in [0.25, 0.3) is 10.9 Å². The second-order valence-corrected chi connectivity index (χ2v) is 5.56. The van der Waals surface area contributed by atoms with E-state index in [1.165, 1.54) is 22.2 Å². The second-order valence-electron chi connectivity index (χ2n) is 5.56. The van der Waals surface area contributed by atoms with Crippen LogP contribution in [0.3, 0.4) is 0 Å². The lowest BCUT2D eigenvalue weighted by atomic mass is 9.93. The van der Waals surface area contributed by atoms with Crippen molar-refractivity contribution in [2.24, 2.45) is 0 Å². The van der Waals surface area contributed by atoms with Gasteiger partial charge in [0.1, 0.15) is 6.54 Å². The lowest BCUT2D eigenvalue weighted by Gasteiger charge is -2.23. The van der Waals surface area contributed by atoms with Crippen molar-refractivity contribution in [3.63, 3.8) is 0 Å². The SMILES string of the molecule is CCC1=CCC2c3[nH]c4ccccc4c3CC[N+]2=C1. The molecule has 2 aliphatic rings. The van der Waals surface area contributed by atoms with Gasteiger partial charge in [0.15, 0.2) is 12.3 Å². The van der Waals surface area contributed by atoms with E-state index in [0.29, 0.717) is 6.04 Å². The van der Waals surface area contributed by atoms with Crippen LogP contribution in [0.5, 0.6) is 0 Å². The molecule has 2 aliphatic heterocycles. The van der Waals surface area contributed by atoms with Gasteiger partial charge in [-0.05, 0) is 18.1 Å². The number of nitrogens with one attached hydrogen (secondary N) is 1. The van der Waals surface area contributed by atoms with Gasteiger partial charge in [0.05, 0.1) is 5.69 Å². The van der Waals surface area contributed by atoms with Crippen molar-refractivity contribution in [1.82, 2.24) is 4.98 Å². The summed E-state index contributed by atoms with van der Waals surface area (Å²) in [6, 6.07) is 9.22. The Labute approximate surface area is 113 Å². The van der Waals surface area contributed by atoms with E-state index in [2.05, 4.69) is 53.0 Å². The molecule has 2 heteroatoms. The number of allylic oxidation sites excluding steroid dienone is 1. The summed E-state index contributed by atoms with van der Waals surface area (Å²) in [5.74, 6) is 0. The summed E-state index contributed by atoms with van der Waals surface area (Å²) in [4.78, 5) is 3.66. The Morgan fingerprint density at radius 2 is 2.21 bits per heavy atom. The van der Waals surface area contributed by atoms with E-state index in [1.807, 2.05) is 0 Å². The van der Waals surface area contributed by atoms with E-state index in [4.69, 9.17) is 0 Å². The molecule has 96 valence electrons. The molecule has 1 N–H and O–H groups in total. The van der Waals surface area contributed by atoms with Crippen LogP contribution in [0.15, 0.2) is 35.9 Å². The van der Waals surface area contributed by atoms with Gasteiger partial charge in [-0.25, -0.2) is 4.58 Å². The minimum absolute atomic E-state index is 0.520. The molecule has 0 radical (unpaired) electrons. The van der Waals surface area contributed by atoms with E-state index >= 15 is 0 Å². The predicted octanol–water partition coefficient (Wildman–Crippen LogP) is 3.59. The number of fused-ring (bicyclic) bond motifs is 5. The predicted molar refractivity (Wildman–Crippen MR) is 78.9 cm³/mol. The first-order valence-corrected chi connectivity index (χ1v) is 7.26. The molecule has 0 saturated carbocycles. The number of nitrogens with zero attached hydrogens (tertiary/aromatic N) is 1. The zero-order valence-electron chi connectivity index (χ0n) is 11.3. The molecule has 1 aromatic heterocycles. The van der Waals surface area contributed by atoms with Crippen LogP contribution in [0.2, 0.25) is 0 Å². The van der Waals surface area contributed by atoms with Gasteiger partial charge in [0.2, 0.25) is 0 Å². The molecule has 2 nitrogen and oxygen atoms in total. The molecule has 1 unspecified atom stereocenters. The zero-order chi connectivity index (χ0) is 12.8. The van der Waals surface area contributed by atoms with Crippen molar-refractivity contribution >= 4 is 17.1 Å². The van der Waals surface area contributed by atoms with Gasteiger partial charge < -0.3 is 4.98 Å². The molecule has 1 aromatic carbocycles. The van der Waals surface area contributed by atoms with Crippen molar-refractivity contribution in [3.8, 4) is 0 Å². The van der Waals surface area contributed by atoms with Crippen molar-refractivity contribution in [3.05, 3.63) is 47.2 Å². The molecule has 1 atom stereocenters. The number of aromatic nitrogens is 1. The Kier molecular flexibility index (Phi) is 2.37. The van der Waals surface area contributed by atoms with Crippen molar-refractivity contribution in [1.29, 1.82) is 0 Å². The molecule has 0 amide bonds. The van der Waals surface area contributed by atoms with Gasteiger partial charge in [0.25, 0.3) is 0 Å². The summed E-state index contributed by atoms with van der Waals surface area (Å²) in [7, 11) is 0. The number of para-hydroxylation sites is 1. The van der Waals surface area contributed by atoms with Crippen molar-refractivity contribution in [2.75, 3.05) is 6.54 Å². The lowest BCUT2D eigenvalue weighted by molar-refractivity contribution is -0.573. The van der Waals surface area contributed by atoms with Gasteiger partial charge in [-0.3, -0.25) is 0 Å². The molecule has 0 aliphatic carbocycles. The molecular weight excluding hydrogens is 232 g/mol. The molecule has 0 fully saturated rings. The average Bonchev–Trinajstić information content (AvgIpc) is 2.85. The number of hydrogen-bond donors (Lipinski definition) is 1. The fourth-order valence-electron chi connectivity index (χ4n) is 3.51. The fourth-order valence-corrected chi connectivity index (χ4v) is 3.51. The van der Waals surface area contributed by atoms with Gasteiger partial charge >= 0.3 is 0 Å². The normalized spacial score (nSPS) is 21.6. The maximum Gasteiger partial charge on any atom is 0.196 e. The standard InChI is InChI=1S/C17H19N2/c1-2-12-7-8-16-17-14(9-10-19(16)11-12)13-5-3-4-6-15(13)18-17/h3-7,11,16,18H,2,8-10H2,1H3/q+1. The summed E-state index contributed by atoms with van der Waals surface area (Å²) < 4.78 is 2.52. The minimum Gasteiger partial charge on any atom is -0.353 e. The summed E-state index contributed by atoms with van der Waals surface area (Å²) in [6.07, 6.45) is 8.20. The molecule has 0 saturated heterocycles. The van der Waals surface area contributed by atoms with E-state index in [0.717, 1.165) is 25.8 Å². The van der Waals surface area contributed by atoms with Crippen LogP contribution in [-0.2, 0) is 6.42 Å². The van der Waals surface area contributed by atoms with Crippen molar-refractivity contribution < 1.29 is 4.58 Å². The summed E-state index contributed by atoms with van der Waals surface area (Å²) in [5.41, 5.74) is 5.75. The Bertz CT molecular complexity index is 703. The van der Waals surface area contributed by atoms with Crippen LogP contribution >= 0.6 is 0 Å². The average molecular weight is 251 g/mol. The van der Waals surface area contributed by atoms with Crippen LogP contribution in [0.1, 0.15) is 37.1 Å². The molecular formula is C17H19N2+. The largest absolute Gasteiger partial charge is 0.353 e. The first-order chi connectivity index (χ1) is 9.36. The molecule has 19 heavy (non-hydrogen) atoms. The highest BCUT2D eigenvalue weighted by atomic mass is 15.1. The summed E-state index contributed by atoms with van der Waals surface area (Å²) >= 11 is 0. The Hall–Kier alpha value is -1.83. The summed E-state index contributed by atoms with van der Waals surface area (Å²) in [6.45, 7) is 3.39. The Morgan fingerprint density at radius 1 is 1.32 bits per heavy atom. The van der Waals surface area contributed by atoms with Crippen molar-refractivity contribution in [2.45, 2.75) is 32.2 Å². The number of rotatable bonds is 1. The first-order valence-electron chi connectivity index (χ1n) is 7.26. The fraction of sp³-hybridized carbons (Fsp3) is 0.353. The maximum absolute atomic E-state index is 3.66. The molecule has 0 bridgehead atoms. The van der Waals surface area contributed by atoms with Crippen LogP contribution in [-0.4, -0.2) is 22.3 Å². The highest BCUT2D eigenvalue weighted by molar-refractivity contribution is 5.85. The Balaban J connectivity index is 1.85. The van der Waals surface area contributed by atoms with E-state index in [1.54, 1.807) is 5.56 Å². The van der Waals surface area contributed by atoms with Gasteiger partial charge in [0, 0.05) is 29.3 Å². The number of hydrogen-bond acceptors (Lipinski definition) is 0. The third-order valence-electron chi connectivity index (χ3n) is 4.54. The first kappa shape index (κ1) is 11.0. The summed E-state index contributed by atoms with van der Waals surface area (Å²) in [5, 5.41) is 1.42. The lowest BCUT2D eigenvalue weighted by Crippen LogP contribution is -2.30. The Morgan fingerprint density at radius 3 is 3.11 bits per heavy atom. The van der Waals surface area contributed by atoms with E-state index in [9.17, 15) is 0 Å². The number of aromatic amines is 1. The highest BCUT2D eigenvalue weighted by Gasteiger charge is 2.34. The van der Waals surface area contributed by atoms with Gasteiger partial charge in [-0.15, -0.1) is 0 Å². The van der Waals surface area contributed by atoms with E-state index < -0.39 is 0 Å². The third-order valence-corrected chi connectivity index (χ3v) is 4.54. The smallest absolute Gasteiger partial charge is 0.196 e. The maximum atomic E-state index is 3.66. The second kappa shape index (κ2) is 4.09. The molecule has 2 aromatic rings. The number of benzene rings is 1. The third kappa shape index (κ3) is 1.59. The topological polar surface area (TPSA) is 18.8 Å². The van der Waals surface area contributed by atoms with Gasteiger partial charge in [-0.2, -0.15) is 0 Å². The monoisotopic (exact) mass is 251 g/mol. The minimum atomic E-state index is 0.520. The van der Waals surface area contributed by atoms with Crippen LogP contribution < -0.4 is 0 Å². The molecule has 4 rings (SSSR count). The highest BCUT2D eigenvalue weighted by Crippen LogP contribution is 2.35. The zero-order valence-corrected chi connectivity index (χ0v) is 11.3.